The Morgan fingerprint density at radius 2 is 0.697 bits per heavy atom. The number of esters is 3. The number of allylic oxidation sites excluding steroid dienone is 4. The molecule has 388 valence electrons. The van der Waals surface area contributed by atoms with Crippen molar-refractivity contribution in [3.8, 4) is 0 Å². The van der Waals surface area contributed by atoms with Crippen molar-refractivity contribution in [2.45, 2.75) is 277 Å². The molecule has 0 aromatic rings. The molecule has 0 spiro atoms. The first-order valence-electron chi connectivity index (χ1n) is 27.2. The van der Waals surface area contributed by atoms with Crippen molar-refractivity contribution in [1.82, 2.24) is 0 Å². The highest BCUT2D eigenvalue weighted by Gasteiger charge is 2.28. The smallest absolute Gasteiger partial charge is 0.462 e. The highest BCUT2D eigenvalue weighted by atomic mass is 31.2. The summed E-state index contributed by atoms with van der Waals surface area (Å²) in [6, 6.07) is 0. The monoisotopic (exact) mass is 957 g/mol. The molecule has 0 aliphatic rings. The van der Waals surface area contributed by atoms with Gasteiger partial charge in [0, 0.05) is 19.3 Å². The summed E-state index contributed by atoms with van der Waals surface area (Å²) in [6.45, 7) is 4.61. The minimum Gasteiger partial charge on any atom is -0.462 e. The molecule has 3 atom stereocenters. The summed E-state index contributed by atoms with van der Waals surface area (Å²) in [6.07, 6.45) is 47.1. The summed E-state index contributed by atoms with van der Waals surface area (Å²) in [7, 11) is -4.74. The second-order valence-corrected chi connectivity index (χ2v) is 19.8. The summed E-state index contributed by atoms with van der Waals surface area (Å²) < 4.78 is 39.4. The molecule has 0 saturated carbocycles. The number of carbonyl (C=O) groups excluding carboxylic acids is 3. The summed E-state index contributed by atoms with van der Waals surface area (Å²) in [4.78, 5) is 48.3. The van der Waals surface area contributed by atoms with Crippen LogP contribution < -0.4 is 0 Å². The summed E-state index contributed by atoms with van der Waals surface area (Å²) in [5.41, 5.74) is 0. The van der Waals surface area contributed by atoms with Crippen LogP contribution in [0.5, 0.6) is 0 Å². The molecule has 0 radical (unpaired) electrons. The van der Waals surface area contributed by atoms with E-state index in [-0.39, 0.29) is 25.9 Å². The first-order chi connectivity index (χ1) is 32.2. The fourth-order valence-corrected chi connectivity index (χ4v) is 8.42. The van der Waals surface area contributed by atoms with Crippen LogP contribution in [-0.4, -0.2) is 66.5 Å². The second kappa shape index (κ2) is 49.4. The maximum Gasteiger partial charge on any atom is 0.472 e. The number of aliphatic hydroxyl groups excluding tert-OH is 1. The zero-order valence-corrected chi connectivity index (χ0v) is 43.6. The van der Waals surface area contributed by atoms with Gasteiger partial charge in [-0.05, 0) is 70.6 Å². The number of aliphatic hydroxyl groups is 1. The summed E-state index contributed by atoms with van der Waals surface area (Å²) >= 11 is 0. The van der Waals surface area contributed by atoms with Gasteiger partial charge in [-0.15, -0.1) is 0 Å². The molecule has 0 bridgehead atoms. The first kappa shape index (κ1) is 64.0. The normalized spacial score (nSPS) is 13.6. The van der Waals surface area contributed by atoms with Gasteiger partial charge in [-0.2, -0.15) is 0 Å². The highest BCUT2D eigenvalue weighted by Crippen LogP contribution is 2.43. The number of hydrogen-bond acceptors (Lipinski definition) is 10. The minimum atomic E-state index is -4.74. The molecule has 0 aliphatic heterocycles. The van der Waals surface area contributed by atoms with Crippen molar-refractivity contribution < 1.29 is 52.2 Å². The number of unbranched alkanes of at least 4 members (excludes halogenated alkanes) is 30. The predicted molar refractivity (Wildman–Crippen MR) is 270 cm³/mol. The lowest BCUT2D eigenvalue weighted by Gasteiger charge is -2.21. The van der Waals surface area contributed by atoms with Crippen LogP contribution in [0.4, 0.5) is 0 Å². The van der Waals surface area contributed by atoms with E-state index in [0.717, 1.165) is 96.3 Å². The molecule has 0 amide bonds. The van der Waals surface area contributed by atoms with Gasteiger partial charge in [0.2, 0.25) is 0 Å². The number of phosphoric ester groups is 1. The Labute approximate surface area is 404 Å². The molecule has 0 fully saturated rings. The number of rotatable bonds is 51. The Morgan fingerprint density at radius 1 is 0.409 bits per heavy atom. The molecule has 0 aromatic heterocycles. The van der Waals surface area contributed by atoms with Crippen molar-refractivity contribution in [3.63, 3.8) is 0 Å². The van der Waals surface area contributed by atoms with Crippen LogP contribution in [0.2, 0.25) is 0 Å². The van der Waals surface area contributed by atoms with E-state index in [1.165, 1.54) is 109 Å². The second-order valence-electron chi connectivity index (χ2n) is 18.4. The quantitative estimate of drug-likeness (QED) is 0.0197. The van der Waals surface area contributed by atoms with E-state index in [4.69, 9.17) is 23.3 Å². The lowest BCUT2D eigenvalue weighted by molar-refractivity contribution is -0.161. The van der Waals surface area contributed by atoms with Crippen LogP contribution in [0.15, 0.2) is 24.3 Å². The van der Waals surface area contributed by atoms with E-state index in [9.17, 15) is 28.9 Å². The van der Waals surface area contributed by atoms with Gasteiger partial charge in [-0.1, -0.05) is 199 Å². The van der Waals surface area contributed by atoms with E-state index in [2.05, 4.69) is 45.1 Å². The van der Waals surface area contributed by atoms with Crippen molar-refractivity contribution in [1.29, 1.82) is 0 Å². The van der Waals surface area contributed by atoms with Crippen LogP contribution in [0.3, 0.4) is 0 Å². The molecular formula is C54H101O11P. The van der Waals surface area contributed by atoms with E-state index >= 15 is 0 Å². The zero-order valence-electron chi connectivity index (χ0n) is 42.7. The molecule has 0 aliphatic carbocycles. The molecular weight excluding hydrogens is 856 g/mol. The molecule has 3 unspecified atom stereocenters. The highest BCUT2D eigenvalue weighted by molar-refractivity contribution is 7.47. The lowest BCUT2D eigenvalue weighted by Crippen LogP contribution is -2.30. The lowest BCUT2D eigenvalue weighted by atomic mass is 10.0. The molecule has 0 heterocycles. The fraction of sp³-hybridized carbons (Fsp3) is 0.870. The SMILES string of the molecule is CCCCCC/C=C\CCCCCCCC(=O)OC(CO)COP(=O)(O)OCC(COC(=O)CCCCCCCCCCCCCCC)OC(=O)CCCCCCC/C=C\CCCCCC. The van der Waals surface area contributed by atoms with Gasteiger partial charge < -0.3 is 24.2 Å². The van der Waals surface area contributed by atoms with Crippen molar-refractivity contribution in [2.24, 2.45) is 0 Å². The van der Waals surface area contributed by atoms with Crippen LogP contribution in [0.1, 0.15) is 265 Å². The fourth-order valence-electron chi connectivity index (χ4n) is 7.64. The Hall–Kier alpha value is -2.04. The minimum absolute atomic E-state index is 0.162. The van der Waals surface area contributed by atoms with Crippen molar-refractivity contribution >= 4 is 25.7 Å². The molecule has 0 rings (SSSR count). The topological polar surface area (TPSA) is 155 Å². The average Bonchev–Trinajstić information content (AvgIpc) is 3.30. The standard InChI is InChI=1S/C54H101O11P/c1-4-7-10-13-16-19-22-25-28-31-34-37-40-43-52(56)61-47-51(65-54(58)45-42-39-36-33-30-27-24-21-18-15-12-9-6-3)49-63-66(59,60)62-48-50(46-55)64-53(57)44-41-38-35-32-29-26-23-20-17-14-11-8-5-2/h20-21,23-24,50-51,55H,4-19,22,25-49H2,1-3H3,(H,59,60)/b23-20-,24-21-. The molecule has 11 nitrogen and oxygen atoms in total. The Bertz CT molecular complexity index is 1210. The van der Waals surface area contributed by atoms with Gasteiger partial charge in [0.25, 0.3) is 0 Å². The molecule has 66 heavy (non-hydrogen) atoms. The average molecular weight is 957 g/mol. The van der Waals surface area contributed by atoms with Gasteiger partial charge in [-0.3, -0.25) is 23.4 Å². The van der Waals surface area contributed by atoms with Gasteiger partial charge in [0.1, 0.15) is 12.7 Å². The molecule has 12 heteroatoms. The molecule has 2 N–H and O–H groups in total. The van der Waals surface area contributed by atoms with E-state index in [1.54, 1.807) is 0 Å². The number of hydrogen-bond donors (Lipinski definition) is 2. The van der Waals surface area contributed by atoms with Gasteiger partial charge in [-0.25, -0.2) is 4.57 Å². The van der Waals surface area contributed by atoms with Crippen LogP contribution in [0, 0.1) is 0 Å². The number of carbonyl (C=O) groups is 3. The third-order valence-electron chi connectivity index (χ3n) is 11.8. The van der Waals surface area contributed by atoms with Gasteiger partial charge in [0.05, 0.1) is 19.8 Å². The van der Waals surface area contributed by atoms with Crippen LogP contribution in [0.25, 0.3) is 0 Å². The van der Waals surface area contributed by atoms with E-state index < -0.39 is 57.8 Å². The first-order valence-corrected chi connectivity index (χ1v) is 28.7. The van der Waals surface area contributed by atoms with Crippen molar-refractivity contribution in [3.05, 3.63) is 24.3 Å². The Kier molecular flexibility index (Phi) is 47.9. The summed E-state index contributed by atoms with van der Waals surface area (Å²) in [5, 5.41) is 9.78. The third kappa shape index (κ3) is 47.0. The van der Waals surface area contributed by atoms with Crippen LogP contribution >= 0.6 is 7.82 Å². The number of ether oxygens (including phenoxy) is 3. The molecule has 0 saturated heterocycles. The van der Waals surface area contributed by atoms with Crippen LogP contribution in [-0.2, 0) is 42.2 Å². The molecule has 0 aromatic carbocycles. The number of phosphoric acid groups is 1. The van der Waals surface area contributed by atoms with E-state index in [0.29, 0.717) is 19.3 Å². The third-order valence-corrected chi connectivity index (χ3v) is 12.8. The predicted octanol–water partition coefficient (Wildman–Crippen LogP) is 15.5. The maximum atomic E-state index is 12.8. The Balaban J connectivity index is 4.71. The maximum absolute atomic E-state index is 12.8. The van der Waals surface area contributed by atoms with E-state index in [1.807, 2.05) is 0 Å². The largest absolute Gasteiger partial charge is 0.472 e. The Morgan fingerprint density at radius 3 is 1.06 bits per heavy atom. The van der Waals surface area contributed by atoms with Crippen molar-refractivity contribution in [2.75, 3.05) is 26.4 Å². The zero-order chi connectivity index (χ0) is 48.4. The summed E-state index contributed by atoms with van der Waals surface area (Å²) in [5.74, 6) is -1.47. The van der Waals surface area contributed by atoms with Gasteiger partial charge in [0.15, 0.2) is 6.10 Å². The van der Waals surface area contributed by atoms with Gasteiger partial charge >= 0.3 is 25.7 Å².